The molecule has 1 saturated carbocycles. The summed E-state index contributed by atoms with van der Waals surface area (Å²) in [6.07, 6.45) is 10.3. The van der Waals surface area contributed by atoms with Gasteiger partial charge in [0.05, 0.1) is 7.11 Å². The third-order valence-corrected chi connectivity index (χ3v) is 7.03. The summed E-state index contributed by atoms with van der Waals surface area (Å²) in [5, 5.41) is 4.52. The highest BCUT2D eigenvalue weighted by molar-refractivity contribution is 5.99. The van der Waals surface area contributed by atoms with Crippen LogP contribution in [0.2, 0.25) is 0 Å². The molecule has 0 atom stereocenters. The first-order valence-electron chi connectivity index (χ1n) is 12.5. The smallest absolute Gasteiger partial charge is 0.238 e. The van der Waals surface area contributed by atoms with Crippen LogP contribution >= 0.6 is 0 Å². The lowest BCUT2D eigenvalue weighted by Gasteiger charge is -2.15. The molecule has 2 aromatic heterocycles. The van der Waals surface area contributed by atoms with E-state index in [1.807, 2.05) is 36.0 Å². The third kappa shape index (κ3) is 5.07. The molecule has 188 valence electrons. The zero-order valence-electron chi connectivity index (χ0n) is 20.7. The number of aryl methyl sites for hydroxylation is 1. The second-order valence-electron chi connectivity index (χ2n) is 9.49. The average Bonchev–Trinajstić information content (AvgIpc) is 3.52. The summed E-state index contributed by atoms with van der Waals surface area (Å²) in [6.45, 7) is 1.71. The minimum Gasteiger partial charge on any atom is -0.479 e. The summed E-state index contributed by atoms with van der Waals surface area (Å²) in [4.78, 5) is 4.33. The summed E-state index contributed by atoms with van der Waals surface area (Å²) < 4.78 is 41.3. The van der Waals surface area contributed by atoms with Gasteiger partial charge in [0, 0.05) is 48.6 Å². The van der Waals surface area contributed by atoms with Crippen LogP contribution < -0.4 is 14.8 Å². The Hall–Kier alpha value is -3.45. The Labute approximate surface area is 210 Å². The number of pyridine rings is 1. The van der Waals surface area contributed by atoms with Crippen LogP contribution in [-0.4, -0.2) is 23.2 Å². The molecule has 0 saturated heterocycles. The lowest BCUT2D eigenvalue weighted by molar-refractivity contribution is 0.401. The van der Waals surface area contributed by atoms with Crippen molar-refractivity contribution in [2.24, 2.45) is 13.0 Å². The van der Waals surface area contributed by atoms with Gasteiger partial charge in [-0.25, -0.2) is 13.8 Å². The zero-order valence-corrected chi connectivity index (χ0v) is 20.7. The van der Waals surface area contributed by atoms with Crippen molar-refractivity contribution in [2.45, 2.75) is 38.6 Å². The Bertz CT molecular complexity index is 1360. The molecule has 0 amide bonds. The van der Waals surface area contributed by atoms with Gasteiger partial charge in [-0.2, -0.15) is 0 Å². The number of benzene rings is 2. The number of nitrogens with one attached hydrogen (secondary N) is 1. The number of fused-ring (bicyclic) bond motifs is 1. The van der Waals surface area contributed by atoms with Gasteiger partial charge in [0.15, 0.2) is 11.6 Å². The van der Waals surface area contributed by atoms with Gasteiger partial charge in [-0.1, -0.05) is 31.7 Å². The number of aromatic nitrogens is 2. The monoisotopic (exact) mass is 491 g/mol. The Morgan fingerprint density at radius 3 is 2.61 bits per heavy atom. The Kier molecular flexibility index (Phi) is 7.18. The van der Waals surface area contributed by atoms with E-state index in [2.05, 4.69) is 16.4 Å². The fourth-order valence-electron chi connectivity index (χ4n) is 5.19. The van der Waals surface area contributed by atoms with Crippen molar-refractivity contribution in [3.05, 3.63) is 72.1 Å². The molecule has 0 unspecified atom stereocenters. The van der Waals surface area contributed by atoms with E-state index >= 15 is 0 Å². The standard InChI is InChI=1S/C29H31F2N3O2/c1-34-18-24(22-12-14-33-29(35-2)28(22)34)23-15-20(17-32-13-11-19-5-3-4-6-19)7-9-26(23)36-27-10-8-21(30)16-25(27)31/h7-10,12,14-16,18-19,32H,3-6,11,13,17H2,1-2H3. The van der Waals surface area contributed by atoms with E-state index in [1.54, 1.807) is 13.3 Å². The van der Waals surface area contributed by atoms with Gasteiger partial charge in [-0.05, 0) is 54.8 Å². The molecule has 0 bridgehead atoms. The SMILES string of the molecule is COc1nccc2c(-c3cc(CNCCC4CCCC4)ccc3Oc3ccc(F)cc3F)cn(C)c12. The van der Waals surface area contributed by atoms with Gasteiger partial charge in [0.25, 0.3) is 0 Å². The lowest BCUT2D eigenvalue weighted by atomic mass is 10.0. The molecule has 7 heteroatoms. The van der Waals surface area contributed by atoms with E-state index < -0.39 is 11.6 Å². The van der Waals surface area contributed by atoms with Crippen molar-refractivity contribution in [3.63, 3.8) is 0 Å². The van der Waals surface area contributed by atoms with Crippen LogP contribution in [0.4, 0.5) is 8.78 Å². The molecular weight excluding hydrogens is 460 g/mol. The predicted molar refractivity (Wildman–Crippen MR) is 137 cm³/mol. The van der Waals surface area contributed by atoms with Crippen molar-refractivity contribution >= 4 is 10.9 Å². The van der Waals surface area contributed by atoms with Gasteiger partial charge in [0.1, 0.15) is 17.1 Å². The summed E-state index contributed by atoms with van der Waals surface area (Å²) >= 11 is 0. The highest BCUT2D eigenvalue weighted by Crippen LogP contribution is 2.41. The first kappa shape index (κ1) is 24.3. The van der Waals surface area contributed by atoms with Crippen molar-refractivity contribution in [2.75, 3.05) is 13.7 Å². The maximum absolute atomic E-state index is 14.4. The molecule has 4 aromatic rings. The van der Waals surface area contributed by atoms with Gasteiger partial charge >= 0.3 is 0 Å². The molecule has 5 rings (SSSR count). The zero-order chi connectivity index (χ0) is 25.1. The topological polar surface area (TPSA) is 48.3 Å². The van der Waals surface area contributed by atoms with Crippen LogP contribution in [0.15, 0.2) is 54.9 Å². The van der Waals surface area contributed by atoms with Crippen LogP contribution in [0.3, 0.4) is 0 Å². The molecule has 2 aromatic carbocycles. The highest BCUT2D eigenvalue weighted by Gasteiger charge is 2.19. The molecule has 0 spiro atoms. The largest absolute Gasteiger partial charge is 0.479 e. The summed E-state index contributed by atoms with van der Waals surface area (Å²) in [5.41, 5.74) is 3.68. The number of nitrogens with zero attached hydrogens (tertiary/aromatic N) is 2. The third-order valence-electron chi connectivity index (χ3n) is 7.03. The van der Waals surface area contributed by atoms with Gasteiger partial charge < -0.3 is 19.4 Å². The van der Waals surface area contributed by atoms with E-state index in [9.17, 15) is 8.78 Å². The molecule has 2 heterocycles. The Balaban J connectivity index is 1.49. The predicted octanol–water partition coefficient (Wildman–Crippen LogP) is 6.99. The van der Waals surface area contributed by atoms with Crippen LogP contribution in [0, 0.1) is 17.6 Å². The van der Waals surface area contributed by atoms with Crippen molar-refractivity contribution < 1.29 is 18.3 Å². The van der Waals surface area contributed by atoms with Crippen molar-refractivity contribution in [1.82, 2.24) is 14.9 Å². The van der Waals surface area contributed by atoms with Crippen molar-refractivity contribution in [3.8, 4) is 28.5 Å². The number of ether oxygens (including phenoxy) is 2. The number of methoxy groups -OCH3 is 1. The molecule has 1 N–H and O–H groups in total. The maximum Gasteiger partial charge on any atom is 0.238 e. The average molecular weight is 492 g/mol. The molecule has 1 aliphatic rings. The quantitative estimate of drug-likeness (QED) is 0.256. The summed E-state index contributed by atoms with van der Waals surface area (Å²) in [5.74, 6) is 0.431. The highest BCUT2D eigenvalue weighted by atomic mass is 19.1. The second-order valence-corrected chi connectivity index (χ2v) is 9.49. The second kappa shape index (κ2) is 10.7. The van der Waals surface area contributed by atoms with Crippen LogP contribution in [0.5, 0.6) is 17.4 Å². The lowest BCUT2D eigenvalue weighted by Crippen LogP contribution is -2.17. The number of rotatable bonds is 9. The van der Waals surface area contributed by atoms with E-state index in [0.717, 1.165) is 52.7 Å². The summed E-state index contributed by atoms with van der Waals surface area (Å²) in [7, 11) is 3.53. The fourth-order valence-corrected chi connectivity index (χ4v) is 5.19. The molecule has 5 nitrogen and oxygen atoms in total. The first-order valence-corrected chi connectivity index (χ1v) is 12.5. The Morgan fingerprint density at radius 1 is 1.03 bits per heavy atom. The van der Waals surface area contributed by atoms with Gasteiger partial charge in [-0.3, -0.25) is 0 Å². The van der Waals surface area contributed by atoms with E-state index in [-0.39, 0.29) is 5.75 Å². The molecule has 1 aliphatic carbocycles. The van der Waals surface area contributed by atoms with E-state index in [4.69, 9.17) is 9.47 Å². The molecule has 1 fully saturated rings. The fraction of sp³-hybridized carbons (Fsp3) is 0.345. The Morgan fingerprint density at radius 2 is 1.83 bits per heavy atom. The molecule has 0 aliphatic heterocycles. The van der Waals surface area contributed by atoms with Crippen LogP contribution in [-0.2, 0) is 13.6 Å². The van der Waals surface area contributed by atoms with Crippen LogP contribution in [0.25, 0.3) is 22.0 Å². The number of hydrogen-bond donors (Lipinski definition) is 1. The maximum atomic E-state index is 14.4. The minimum absolute atomic E-state index is 0.0282. The molecule has 0 radical (unpaired) electrons. The first-order chi connectivity index (χ1) is 17.5. The summed E-state index contributed by atoms with van der Waals surface area (Å²) in [6, 6.07) is 11.2. The minimum atomic E-state index is -0.748. The van der Waals surface area contributed by atoms with Crippen molar-refractivity contribution in [1.29, 1.82) is 0 Å². The van der Waals surface area contributed by atoms with Gasteiger partial charge in [-0.15, -0.1) is 0 Å². The normalized spacial score (nSPS) is 14.0. The molecular formula is C29H31F2N3O2. The molecule has 36 heavy (non-hydrogen) atoms. The van der Waals surface area contributed by atoms with Crippen LogP contribution in [0.1, 0.15) is 37.7 Å². The number of hydrogen-bond acceptors (Lipinski definition) is 4. The van der Waals surface area contributed by atoms with E-state index in [0.29, 0.717) is 11.6 Å². The number of halogens is 2. The van der Waals surface area contributed by atoms with Gasteiger partial charge in [0.2, 0.25) is 5.88 Å². The van der Waals surface area contributed by atoms with E-state index in [1.165, 1.54) is 44.2 Å².